The molecule has 0 radical (unpaired) electrons. The lowest BCUT2D eigenvalue weighted by Crippen LogP contribution is -2.56. The molecule has 3 aromatic carbocycles. The first kappa shape index (κ1) is 23.6. The van der Waals surface area contributed by atoms with E-state index >= 15 is 0 Å². The summed E-state index contributed by atoms with van der Waals surface area (Å²) < 4.78 is 50.8. The zero-order valence-corrected chi connectivity index (χ0v) is 19.9. The molecule has 8 nitrogen and oxygen atoms in total. The molecule has 0 aliphatic carbocycles. The Bertz CT molecular complexity index is 1860. The molecule has 0 bridgehead atoms. The molecule has 1 fully saturated rings. The van der Waals surface area contributed by atoms with E-state index in [1.54, 1.807) is 0 Å². The van der Waals surface area contributed by atoms with Crippen LogP contribution in [0, 0.1) is 11.6 Å². The van der Waals surface area contributed by atoms with E-state index in [2.05, 4.69) is 5.32 Å². The molecule has 0 saturated carbocycles. The van der Waals surface area contributed by atoms with Crippen LogP contribution in [-0.4, -0.2) is 62.8 Å². The van der Waals surface area contributed by atoms with Crippen LogP contribution in [0.3, 0.4) is 0 Å². The Balaban J connectivity index is 1.72. The highest BCUT2D eigenvalue weighted by Gasteiger charge is 2.46. The van der Waals surface area contributed by atoms with Gasteiger partial charge in [0.1, 0.15) is 42.7 Å². The largest absolute Gasteiger partial charge is 0.387 e. The lowest BCUT2D eigenvalue weighted by molar-refractivity contribution is -0.245. The Morgan fingerprint density at radius 2 is 1.55 bits per heavy atom. The first-order chi connectivity index (χ1) is 18.2. The Morgan fingerprint density at radius 3 is 2.26 bits per heavy atom. The van der Waals surface area contributed by atoms with Gasteiger partial charge in [-0.2, -0.15) is 0 Å². The summed E-state index contributed by atoms with van der Waals surface area (Å²) in [6.07, 6.45) is -8.20. The number of rotatable bonds is 2. The van der Waals surface area contributed by atoms with E-state index in [0.29, 0.717) is 14.8 Å². The third kappa shape index (κ3) is 2.94. The smallest absolute Gasteiger partial charge is 0.259 e. The number of thiophene rings is 1. The number of amides is 2. The zero-order chi connectivity index (χ0) is 26.6. The van der Waals surface area contributed by atoms with E-state index in [1.165, 1.54) is 40.2 Å². The van der Waals surface area contributed by atoms with Crippen molar-refractivity contribution < 1.29 is 42.8 Å². The van der Waals surface area contributed by atoms with Crippen molar-refractivity contribution in [2.45, 2.75) is 30.6 Å². The number of aliphatic hydroxyl groups excluding tert-OH is 3. The van der Waals surface area contributed by atoms with Crippen molar-refractivity contribution in [2.24, 2.45) is 0 Å². The highest BCUT2D eigenvalue weighted by molar-refractivity contribution is 7.26. The maximum absolute atomic E-state index is 14.6. The molecule has 1 saturated heterocycles. The van der Waals surface area contributed by atoms with Gasteiger partial charge in [-0.05, 0) is 36.4 Å². The van der Waals surface area contributed by atoms with Gasteiger partial charge in [0.25, 0.3) is 11.8 Å². The number of nitrogens with zero attached hydrogens (tertiary/aromatic N) is 1. The molecule has 5 atom stereocenters. The second kappa shape index (κ2) is 7.98. The molecule has 2 aromatic heterocycles. The Labute approximate surface area is 214 Å². The number of carbonyl (C=O) groups excluding carboxylic acids is 2. The van der Waals surface area contributed by atoms with Crippen molar-refractivity contribution >= 4 is 65.1 Å². The van der Waals surface area contributed by atoms with Crippen LogP contribution in [-0.2, 0) is 4.74 Å². The van der Waals surface area contributed by atoms with Crippen molar-refractivity contribution in [2.75, 3.05) is 6.67 Å². The van der Waals surface area contributed by atoms with E-state index in [4.69, 9.17) is 4.74 Å². The summed E-state index contributed by atoms with van der Waals surface area (Å²) >= 11 is 1.18. The lowest BCUT2D eigenvalue weighted by atomic mass is 9.96. The van der Waals surface area contributed by atoms with Gasteiger partial charge in [-0.25, -0.2) is 13.2 Å². The van der Waals surface area contributed by atoms with Crippen molar-refractivity contribution in [3.63, 3.8) is 0 Å². The average Bonchev–Trinajstić information content (AvgIpc) is 3.51. The molecule has 2 aliphatic heterocycles. The van der Waals surface area contributed by atoms with Gasteiger partial charge in [0.15, 0.2) is 6.23 Å². The molecule has 0 spiro atoms. The summed E-state index contributed by atoms with van der Waals surface area (Å²) in [5.74, 6) is -2.63. The Hall–Kier alpha value is -3.55. The van der Waals surface area contributed by atoms with Gasteiger partial charge in [-0.3, -0.25) is 14.9 Å². The number of hydrogen-bond acceptors (Lipinski definition) is 7. The van der Waals surface area contributed by atoms with Gasteiger partial charge < -0.3 is 24.6 Å². The van der Waals surface area contributed by atoms with Gasteiger partial charge >= 0.3 is 0 Å². The van der Waals surface area contributed by atoms with E-state index in [0.717, 1.165) is 12.1 Å². The molecule has 4 N–H and O–H groups in total. The summed E-state index contributed by atoms with van der Waals surface area (Å²) in [5, 5.41) is 35.0. The normalized spacial score (nSPS) is 25.7. The predicted molar refractivity (Wildman–Crippen MR) is 132 cm³/mol. The summed E-state index contributed by atoms with van der Waals surface area (Å²) in [5.41, 5.74) is 0.469. The average molecular weight is 542 g/mol. The minimum Gasteiger partial charge on any atom is -0.387 e. The number of fused-ring (bicyclic) bond motifs is 10. The van der Waals surface area contributed by atoms with Gasteiger partial charge in [0.2, 0.25) is 0 Å². The Kier molecular flexibility index (Phi) is 4.95. The number of aliphatic hydroxyl groups is 3. The molecular formula is C26H17F3N2O6S. The highest BCUT2D eigenvalue weighted by Crippen LogP contribution is 2.49. The fraction of sp³-hybridized carbons (Fsp3) is 0.231. The second-order valence-electron chi connectivity index (χ2n) is 9.43. The number of imide groups is 1. The number of nitrogens with one attached hydrogen (secondary N) is 1. The number of hydrogen-bond donors (Lipinski definition) is 4. The van der Waals surface area contributed by atoms with E-state index in [1.807, 2.05) is 0 Å². The van der Waals surface area contributed by atoms with Crippen LogP contribution in [0.25, 0.3) is 42.0 Å². The standard InChI is InChI=1S/C26H17F3N2O6S/c27-7-13-20(32)21(33)22(34)26(37-13)31-12-3-1-8(28)5-10(12)15-17-18(25(36)30-24(17)35)16-11-6-9(29)2-4-14(11)38-23(16)19(15)31/h1-6,13,20-22,26,32-34H,7H2,(H,30,35,36)/t13-,20-,21+,22-,26-/m1/s1. The predicted octanol–water partition coefficient (Wildman–Crippen LogP) is 3.27. The number of benzene rings is 3. The monoisotopic (exact) mass is 542 g/mol. The van der Waals surface area contributed by atoms with Crippen LogP contribution in [0.5, 0.6) is 0 Å². The SMILES string of the molecule is O=C1NC(=O)c2c1c1c3cc(F)ccc3sc1c1c2c2cc(F)ccc2n1[C@@H]1O[C@H](CF)[C@@H](O)[C@H](O)[C@H]1O. The van der Waals surface area contributed by atoms with E-state index in [-0.39, 0.29) is 38.3 Å². The number of alkyl halides is 1. The molecule has 7 rings (SSSR count). The van der Waals surface area contributed by atoms with Crippen LogP contribution < -0.4 is 5.32 Å². The molecule has 194 valence electrons. The third-order valence-electron chi connectivity index (χ3n) is 7.36. The third-order valence-corrected chi connectivity index (χ3v) is 8.53. The van der Waals surface area contributed by atoms with Gasteiger partial charge in [0, 0.05) is 26.2 Å². The number of ether oxygens (including phenoxy) is 1. The van der Waals surface area contributed by atoms with Crippen LogP contribution >= 0.6 is 11.3 Å². The summed E-state index contributed by atoms with van der Waals surface area (Å²) in [6.45, 7) is -1.17. The molecule has 38 heavy (non-hydrogen) atoms. The molecule has 5 aromatic rings. The second-order valence-corrected chi connectivity index (χ2v) is 10.5. The van der Waals surface area contributed by atoms with Crippen molar-refractivity contribution in [3.8, 4) is 0 Å². The van der Waals surface area contributed by atoms with Crippen LogP contribution in [0.2, 0.25) is 0 Å². The summed E-state index contributed by atoms with van der Waals surface area (Å²) in [7, 11) is 0. The molecule has 2 amide bonds. The first-order valence-electron chi connectivity index (χ1n) is 11.6. The summed E-state index contributed by atoms with van der Waals surface area (Å²) in [6, 6.07) is 7.71. The van der Waals surface area contributed by atoms with Crippen molar-refractivity contribution in [1.29, 1.82) is 0 Å². The minimum absolute atomic E-state index is 0.0138. The Morgan fingerprint density at radius 1 is 0.895 bits per heavy atom. The van der Waals surface area contributed by atoms with Crippen LogP contribution in [0.4, 0.5) is 13.2 Å². The topological polar surface area (TPSA) is 121 Å². The number of aromatic nitrogens is 1. The van der Waals surface area contributed by atoms with Gasteiger partial charge in [-0.1, -0.05) is 0 Å². The lowest BCUT2D eigenvalue weighted by Gasteiger charge is -2.40. The molecule has 12 heteroatoms. The maximum Gasteiger partial charge on any atom is 0.259 e. The van der Waals surface area contributed by atoms with Gasteiger partial charge in [0.05, 0.1) is 26.9 Å². The zero-order valence-electron chi connectivity index (χ0n) is 19.1. The van der Waals surface area contributed by atoms with Gasteiger partial charge in [-0.15, -0.1) is 11.3 Å². The van der Waals surface area contributed by atoms with Crippen molar-refractivity contribution in [3.05, 3.63) is 59.2 Å². The minimum atomic E-state index is -1.78. The fourth-order valence-electron chi connectivity index (χ4n) is 5.72. The molecule has 2 aliphatic rings. The number of halogens is 3. The number of carbonyl (C=O) groups is 2. The van der Waals surface area contributed by atoms with Crippen LogP contribution in [0.1, 0.15) is 26.9 Å². The van der Waals surface area contributed by atoms with Crippen LogP contribution in [0.15, 0.2) is 36.4 Å². The van der Waals surface area contributed by atoms with E-state index in [9.17, 15) is 38.1 Å². The van der Waals surface area contributed by atoms with Crippen molar-refractivity contribution in [1.82, 2.24) is 9.88 Å². The maximum atomic E-state index is 14.6. The molecule has 4 heterocycles. The van der Waals surface area contributed by atoms with E-state index < -0.39 is 60.8 Å². The first-order valence-corrected chi connectivity index (χ1v) is 12.4. The highest BCUT2D eigenvalue weighted by atomic mass is 32.1. The fourth-order valence-corrected chi connectivity index (χ4v) is 6.95. The molecule has 0 unspecified atom stereocenters. The summed E-state index contributed by atoms with van der Waals surface area (Å²) in [4.78, 5) is 26.1. The quantitative estimate of drug-likeness (QED) is 0.254. The molecular weight excluding hydrogens is 525 g/mol.